The van der Waals surface area contributed by atoms with E-state index in [4.69, 9.17) is 4.42 Å². The smallest absolute Gasteiger partial charge is 0.135 e. The van der Waals surface area contributed by atoms with Crippen LogP contribution in [0.15, 0.2) is 296 Å². The Hall–Kier alpha value is -10.5. The van der Waals surface area contributed by atoms with Crippen LogP contribution in [0.1, 0.15) is 0 Å². The number of nitrogens with zero attached hydrogens (tertiary/aromatic N) is 2. The molecule has 0 saturated carbocycles. The molecular weight excluding hydrogens is 1010 g/mol. The summed E-state index contributed by atoms with van der Waals surface area (Å²) >= 11 is 1.87. The molecule has 0 aliphatic heterocycles. The van der Waals surface area contributed by atoms with Crippen molar-refractivity contribution < 1.29 is 4.42 Å². The molecule has 0 bridgehead atoms. The molecule has 0 radical (unpaired) electrons. The van der Waals surface area contributed by atoms with Crippen LogP contribution in [0.4, 0.5) is 0 Å². The summed E-state index contributed by atoms with van der Waals surface area (Å²) in [5.41, 5.74) is 23.2. The van der Waals surface area contributed by atoms with Gasteiger partial charge in [-0.2, -0.15) is 0 Å². The quantitative estimate of drug-likeness (QED) is 0.149. The normalized spacial score (nSPS) is 11.9. The van der Waals surface area contributed by atoms with Gasteiger partial charge in [-0.3, -0.25) is 0 Å². The highest BCUT2D eigenvalue weighted by atomic mass is 32.1. The minimum absolute atomic E-state index is 0.902. The molecule has 4 heterocycles. The second-order valence-electron chi connectivity index (χ2n) is 21.6. The van der Waals surface area contributed by atoms with Gasteiger partial charge in [0.15, 0.2) is 0 Å². The number of para-hydroxylation sites is 2. The molecule has 0 saturated heterocycles. The van der Waals surface area contributed by atoms with Crippen molar-refractivity contribution in [3.05, 3.63) is 291 Å². The number of furan rings is 1. The van der Waals surface area contributed by atoms with Gasteiger partial charge in [-0.1, -0.05) is 182 Å². The Morgan fingerprint density at radius 2 is 0.634 bits per heavy atom. The minimum atomic E-state index is 0.902. The van der Waals surface area contributed by atoms with Gasteiger partial charge in [0.05, 0.1) is 22.1 Å². The lowest BCUT2D eigenvalue weighted by atomic mass is 9.96. The second kappa shape index (κ2) is 18.5. The van der Waals surface area contributed by atoms with E-state index in [1.54, 1.807) is 0 Å². The third kappa shape index (κ3) is 7.57. The molecule has 82 heavy (non-hydrogen) atoms. The fraction of sp³-hybridized carbons (Fsp3) is 0. The van der Waals surface area contributed by atoms with Gasteiger partial charge in [-0.25, -0.2) is 0 Å². The van der Waals surface area contributed by atoms with Gasteiger partial charge in [-0.05, 0) is 176 Å². The van der Waals surface area contributed by atoms with E-state index in [0.29, 0.717) is 0 Å². The van der Waals surface area contributed by atoms with Gasteiger partial charge in [0, 0.05) is 63.9 Å². The SMILES string of the molecule is c1ccc(-c2ccc(-n3c4ccc(-c5cccc(-c6ccc7c(c6)sc6ccc(-c8ccc9c(c8)c8ccccc8n9-c8cccc(-c9ccccc9)c8)cc67)c5)cc4c4cc(-c5ccc6oc7ccccc7c6c5)ccc43)cc2)cc1. The molecule has 3 nitrogen and oxygen atoms in total. The van der Waals surface area contributed by atoms with Crippen LogP contribution in [-0.2, 0) is 0 Å². The van der Waals surface area contributed by atoms with Gasteiger partial charge >= 0.3 is 0 Å². The number of rotatable bonds is 8. The summed E-state index contributed by atoms with van der Waals surface area (Å²) in [6.45, 7) is 0. The predicted molar refractivity (Wildman–Crippen MR) is 348 cm³/mol. The average molecular weight is 1060 g/mol. The molecule has 0 amide bonds. The first-order chi connectivity index (χ1) is 40.6. The Labute approximate surface area is 477 Å². The van der Waals surface area contributed by atoms with Crippen LogP contribution in [-0.4, -0.2) is 9.13 Å². The standard InChI is InChI=1S/C78H48N2OS/c1-3-13-49(14-4-1)51-25-33-61(34-26-51)79-73-37-28-55(44-67(73)68-45-57(30-38-74(68)79)58-31-39-76-69(46-58)64-22-8-10-24-75(64)81-76)52-17-11-18-53(41-52)60-27-35-65-70-47-59(32-40-77(70)82-78(65)48-60)56-29-36-72-66(43-56)63-21-7-9-23-71(63)80(72)62-20-12-19-54(42-62)50-15-5-2-6-16-50/h1-48H. The summed E-state index contributed by atoms with van der Waals surface area (Å²) in [5.74, 6) is 0. The number of aromatic nitrogens is 2. The zero-order valence-electron chi connectivity index (χ0n) is 44.4. The minimum Gasteiger partial charge on any atom is -0.456 e. The van der Waals surface area contributed by atoms with Crippen molar-refractivity contribution in [1.29, 1.82) is 0 Å². The van der Waals surface area contributed by atoms with E-state index in [2.05, 4.69) is 288 Å². The highest BCUT2D eigenvalue weighted by Gasteiger charge is 2.19. The Bertz CT molecular complexity index is 5390. The number of hydrogen-bond donors (Lipinski definition) is 0. The number of thiophene rings is 1. The van der Waals surface area contributed by atoms with Crippen molar-refractivity contribution >= 4 is 97.1 Å². The van der Waals surface area contributed by atoms with E-state index in [9.17, 15) is 0 Å². The Morgan fingerprint density at radius 1 is 0.207 bits per heavy atom. The van der Waals surface area contributed by atoms with E-state index in [0.717, 1.165) is 38.9 Å². The maximum atomic E-state index is 6.24. The Balaban J connectivity index is 0.725. The molecular formula is C78H48N2OS. The highest BCUT2D eigenvalue weighted by molar-refractivity contribution is 7.25. The van der Waals surface area contributed by atoms with Crippen molar-refractivity contribution in [2.75, 3.05) is 0 Å². The summed E-state index contributed by atoms with van der Waals surface area (Å²) in [4.78, 5) is 0. The Morgan fingerprint density at radius 3 is 1.32 bits per heavy atom. The number of benzene rings is 13. The zero-order valence-corrected chi connectivity index (χ0v) is 45.2. The molecule has 0 spiro atoms. The third-order valence-electron chi connectivity index (χ3n) is 16.9. The monoisotopic (exact) mass is 1060 g/mol. The molecule has 382 valence electrons. The van der Waals surface area contributed by atoms with Gasteiger partial charge in [-0.15, -0.1) is 11.3 Å². The molecule has 4 heteroatoms. The van der Waals surface area contributed by atoms with E-state index >= 15 is 0 Å². The van der Waals surface area contributed by atoms with Crippen molar-refractivity contribution in [3.63, 3.8) is 0 Å². The van der Waals surface area contributed by atoms with Crippen LogP contribution in [0.25, 0.3) is 164 Å². The molecule has 0 atom stereocenters. The number of hydrogen-bond acceptors (Lipinski definition) is 2. The molecule has 0 aliphatic rings. The second-order valence-corrected chi connectivity index (χ2v) is 22.7. The van der Waals surface area contributed by atoms with Crippen molar-refractivity contribution in [2.24, 2.45) is 0 Å². The van der Waals surface area contributed by atoms with Crippen LogP contribution in [0.2, 0.25) is 0 Å². The average Bonchev–Trinajstić information content (AvgIpc) is 3.14. The Kier molecular flexibility index (Phi) is 10.5. The van der Waals surface area contributed by atoms with Crippen LogP contribution in [0, 0.1) is 0 Å². The molecule has 0 aliphatic carbocycles. The third-order valence-corrected chi connectivity index (χ3v) is 18.1. The van der Waals surface area contributed by atoms with E-state index in [1.807, 2.05) is 23.5 Å². The van der Waals surface area contributed by atoms with Gasteiger partial charge in [0.25, 0.3) is 0 Å². The van der Waals surface area contributed by atoms with Crippen molar-refractivity contribution in [2.45, 2.75) is 0 Å². The fourth-order valence-electron chi connectivity index (χ4n) is 12.9. The molecule has 17 rings (SSSR count). The lowest BCUT2D eigenvalue weighted by Gasteiger charge is -2.11. The van der Waals surface area contributed by atoms with Crippen LogP contribution < -0.4 is 0 Å². The summed E-state index contributed by atoms with van der Waals surface area (Å²) in [7, 11) is 0. The summed E-state index contributed by atoms with van der Waals surface area (Å²) in [6, 6.07) is 107. The molecule has 4 aromatic heterocycles. The molecule has 13 aromatic carbocycles. The molecule has 0 N–H and O–H groups in total. The molecule has 0 fully saturated rings. The summed E-state index contributed by atoms with van der Waals surface area (Å²) in [5, 5.41) is 9.76. The van der Waals surface area contributed by atoms with Gasteiger partial charge in [0.2, 0.25) is 0 Å². The maximum absolute atomic E-state index is 6.24. The van der Waals surface area contributed by atoms with Crippen LogP contribution >= 0.6 is 11.3 Å². The van der Waals surface area contributed by atoms with Gasteiger partial charge in [0.1, 0.15) is 11.2 Å². The van der Waals surface area contributed by atoms with E-state index in [1.165, 1.54) is 125 Å². The van der Waals surface area contributed by atoms with Crippen LogP contribution in [0.3, 0.4) is 0 Å². The molecule has 17 aromatic rings. The first kappa shape index (κ1) is 46.4. The van der Waals surface area contributed by atoms with Crippen molar-refractivity contribution in [1.82, 2.24) is 9.13 Å². The summed E-state index contributed by atoms with van der Waals surface area (Å²) in [6.07, 6.45) is 0. The highest BCUT2D eigenvalue weighted by Crippen LogP contribution is 2.43. The summed E-state index contributed by atoms with van der Waals surface area (Å²) < 4.78 is 13.6. The van der Waals surface area contributed by atoms with E-state index < -0.39 is 0 Å². The maximum Gasteiger partial charge on any atom is 0.135 e. The first-order valence-electron chi connectivity index (χ1n) is 28.0. The van der Waals surface area contributed by atoms with Crippen molar-refractivity contribution in [3.8, 4) is 78.1 Å². The first-order valence-corrected chi connectivity index (χ1v) is 28.8. The lowest BCUT2D eigenvalue weighted by Crippen LogP contribution is -1.94. The zero-order chi connectivity index (χ0) is 53.8. The van der Waals surface area contributed by atoms with Gasteiger partial charge < -0.3 is 13.6 Å². The largest absolute Gasteiger partial charge is 0.456 e. The van der Waals surface area contributed by atoms with E-state index in [-0.39, 0.29) is 0 Å². The van der Waals surface area contributed by atoms with Crippen LogP contribution in [0.5, 0.6) is 0 Å². The number of fused-ring (bicyclic) bond motifs is 12. The lowest BCUT2D eigenvalue weighted by molar-refractivity contribution is 0.669. The topological polar surface area (TPSA) is 23.0 Å². The fourth-order valence-corrected chi connectivity index (χ4v) is 14.0. The predicted octanol–water partition coefficient (Wildman–Crippen LogP) is 22.2. The molecule has 0 unspecified atom stereocenters.